The zero-order chi connectivity index (χ0) is 29.2. The van der Waals surface area contributed by atoms with Crippen molar-refractivity contribution in [1.82, 2.24) is 9.80 Å². The number of piperazine rings is 1. The molecule has 3 aliphatic heterocycles. The Labute approximate surface area is 249 Å². The minimum Gasteiger partial charge on any atom is -0.320 e. The van der Waals surface area contributed by atoms with Crippen LogP contribution in [0, 0.1) is 0 Å². The molecule has 4 aromatic rings. The lowest BCUT2D eigenvalue weighted by molar-refractivity contribution is 0.135. The van der Waals surface area contributed by atoms with Crippen LogP contribution in [-0.4, -0.2) is 59.8 Å². The Hall–Kier alpha value is -5.57. The smallest absolute Gasteiger partial charge is 0.320 e. The minimum absolute atomic E-state index is 0.170. The van der Waals surface area contributed by atoms with E-state index in [1.165, 1.54) is 0 Å². The van der Waals surface area contributed by atoms with Gasteiger partial charge in [-0.3, -0.25) is 9.80 Å². The van der Waals surface area contributed by atoms with Gasteiger partial charge < -0.3 is 9.80 Å². The lowest BCUT2D eigenvalue weighted by Gasteiger charge is -2.44. The first kappa shape index (κ1) is 26.3. The summed E-state index contributed by atoms with van der Waals surface area (Å²) in [5, 5.41) is 12.2. The summed E-state index contributed by atoms with van der Waals surface area (Å²) < 4.78 is 0. The first-order valence-corrected chi connectivity index (χ1v) is 14.3. The van der Waals surface area contributed by atoms with Crippen molar-refractivity contribution in [2.24, 2.45) is 15.4 Å². The number of amides is 4. The molecule has 0 saturated carbocycles. The Morgan fingerprint density at radius 3 is 1.81 bits per heavy atom. The highest BCUT2D eigenvalue weighted by Gasteiger charge is 2.41. The molecule has 1 atom stereocenters. The lowest BCUT2D eigenvalue weighted by atomic mass is 10.1. The molecule has 0 aromatic heterocycles. The highest BCUT2D eigenvalue weighted by atomic mass is 16.2. The van der Waals surface area contributed by atoms with Gasteiger partial charge in [-0.15, -0.1) is 5.10 Å². The van der Waals surface area contributed by atoms with E-state index >= 15 is 0 Å². The lowest BCUT2D eigenvalue weighted by Crippen LogP contribution is -2.62. The third kappa shape index (κ3) is 4.95. The van der Waals surface area contributed by atoms with Gasteiger partial charge in [0, 0.05) is 19.6 Å². The van der Waals surface area contributed by atoms with Gasteiger partial charge in [0.1, 0.15) is 6.54 Å². The summed E-state index contributed by atoms with van der Waals surface area (Å²) in [6, 6.07) is 34.1. The van der Waals surface area contributed by atoms with Crippen LogP contribution in [0.4, 0.5) is 32.3 Å². The normalized spacial score (nSPS) is 17.2. The van der Waals surface area contributed by atoms with Crippen LogP contribution in [0.5, 0.6) is 0 Å². The average Bonchev–Trinajstić information content (AvgIpc) is 3.55. The van der Waals surface area contributed by atoms with Crippen molar-refractivity contribution in [2.45, 2.75) is 6.04 Å². The maximum atomic E-state index is 14.6. The van der Waals surface area contributed by atoms with E-state index in [1.807, 2.05) is 126 Å². The Balaban J connectivity index is 1.23. The molecule has 0 N–H and O–H groups in total. The van der Waals surface area contributed by atoms with Crippen LogP contribution < -0.4 is 9.80 Å². The fraction of sp³-hybridized carbons (Fsp3) is 0.147. The van der Waals surface area contributed by atoms with Gasteiger partial charge in [-0.1, -0.05) is 84.9 Å². The van der Waals surface area contributed by atoms with E-state index in [0.29, 0.717) is 18.8 Å². The highest BCUT2D eigenvalue weighted by Crippen LogP contribution is 2.38. The number of para-hydroxylation sites is 4. The number of hydrogen-bond donors (Lipinski definition) is 0. The monoisotopic (exact) mass is 567 g/mol. The summed E-state index contributed by atoms with van der Waals surface area (Å²) in [4.78, 5) is 36.0. The zero-order valence-electron chi connectivity index (χ0n) is 23.4. The molecular weight excluding hydrogens is 538 g/mol. The molecule has 0 spiro atoms. The molecule has 9 nitrogen and oxygen atoms in total. The number of carbonyl (C=O) groups excluding carboxylic acids is 2. The highest BCUT2D eigenvalue weighted by molar-refractivity contribution is 6.08. The number of anilines is 4. The van der Waals surface area contributed by atoms with Crippen LogP contribution in [-0.2, 0) is 0 Å². The third-order valence-corrected chi connectivity index (χ3v) is 7.96. The van der Waals surface area contributed by atoms with Gasteiger partial charge in [0.2, 0.25) is 0 Å². The molecule has 0 unspecified atom stereocenters. The first-order chi connectivity index (χ1) is 21.2. The number of fused-ring (bicyclic) bond motifs is 2. The fourth-order valence-corrected chi connectivity index (χ4v) is 5.84. The van der Waals surface area contributed by atoms with Crippen LogP contribution in [0.1, 0.15) is 11.1 Å². The maximum Gasteiger partial charge on any atom is 0.329 e. The van der Waals surface area contributed by atoms with Crippen molar-refractivity contribution in [3.8, 4) is 0 Å². The quantitative estimate of drug-likeness (QED) is 0.262. The van der Waals surface area contributed by atoms with Gasteiger partial charge >= 0.3 is 12.1 Å². The van der Waals surface area contributed by atoms with Crippen LogP contribution in [0.15, 0.2) is 125 Å². The molecule has 3 heterocycles. The Morgan fingerprint density at radius 2 is 1.26 bits per heavy atom. The second-order valence-electron chi connectivity index (χ2n) is 10.5. The largest absolute Gasteiger partial charge is 0.329 e. The van der Waals surface area contributed by atoms with E-state index in [0.717, 1.165) is 33.9 Å². The van der Waals surface area contributed by atoms with Gasteiger partial charge in [0.05, 0.1) is 34.5 Å². The van der Waals surface area contributed by atoms with Crippen molar-refractivity contribution < 1.29 is 9.59 Å². The molecule has 1 saturated heterocycles. The Kier molecular flexibility index (Phi) is 6.96. The standard InChI is InChI=1S/C34H29N7O2/c42-33(40(27-13-3-1-4-14-27)28-15-5-2-6-16-28)38-21-22-39(32(24-38)29-23-35-37-36-29)34(43)41-30-17-9-7-11-25(30)19-20-26-12-8-10-18-31(26)41/h1-20,32H,21-24H2/t32-/m0/s1. The number of carbonyl (C=O) groups is 2. The molecule has 4 amide bonds. The Bertz CT molecular complexity index is 1660. The number of urea groups is 2. The van der Waals surface area contributed by atoms with Gasteiger partial charge in [0.15, 0.2) is 0 Å². The van der Waals surface area contributed by atoms with Crippen molar-refractivity contribution in [3.63, 3.8) is 0 Å². The molecule has 43 heavy (non-hydrogen) atoms. The van der Waals surface area contributed by atoms with Gasteiger partial charge in [-0.25, -0.2) is 9.59 Å². The second-order valence-corrected chi connectivity index (χ2v) is 10.5. The number of nitrogens with zero attached hydrogens (tertiary/aromatic N) is 7. The van der Waals surface area contributed by atoms with E-state index in [1.54, 1.807) is 14.7 Å². The molecular formula is C34H29N7O2. The molecule has 0 aliphatic carbocycles. The van der Waals surface area contributed by atoms with Crippen LogP contribution in [0.3, 0.4) is 0 Å². The molecule has 4 aromatic carbocycles. The van der Waals surface area contributed by atoms with E-state index in [4.69, 9.17) is 0 Å². The van der Waals surface area contributed by atoms with Crippen LogP contribution >= 0.6 is 0 Å². The van der Waals surface area contributed by atoms with Crippen molar-refractivity contribution in [1.29, 1.82) is 0 Å². The molecule has 1 fully saturated rings. The molecule has 9 heteroatoms. The summed E-state index contributed by atoms with van der Waals surface area (Å²) in [5.74, 6) is 0. The summed E-state index contributed by atoms with van der Waals surface area (Å²) in [6.45, 7) is 1.22. The second kappa shape index (κ2) is 11.4. The topological polar surface area (TPSA) is 84.2 Å². The van der Waals surface area contributed by atoms with E-state index < -0.39 is 6.04 Å². The van der Waals surface area contributed by atoms with Gasteiger partial charge in [-0.2, -0.15) is 5.11 Å². The van der Waals surface area contributed by atoms with Crippen LogP contribution in [0.25, 0.3) is 12.2 Å². The number of hydrogen-bond acceptors (Lipinski definition) is 5. The zero-order valence-corrected chi connectivity index (χ0v) is 23.4. The maximum absolute atomic E-state index is 14.6. The van der Waals surface area contributed by atoms with Crippen LogP contribution in [0.2, 0.25) is 0 Å². The molecule has 7 rings (SSSR count). The summed E-state index contributed by atoms with van der Waals surface area (Å²) in [7, 11) is 0. The minimum atomic E-state index is -0.496. The number of rotatable bonds is 3. The summed E-state index contributed by atoms with van der Waals surface area (Å²) in [6.07, 6.45) is 4.08. The fourth-order valence-electron chi connectivity index (χ4n) is 5.84. The molecule has 212 valence electrons. The van der Waals surface area contributed by atoms with E-state index in [9.17, 15) is 9.59 Å². The van der Waals surface area contributed by atoms with Gasteiger partial charge in [-0.05, 0) is 52.7 Å². The summed E-state index contributed by atoms with van der Waals surface area (Å²) in [5.41, 5.74) is 5.68. The van der Waals surface area contributed by atoms with Crippen molar-refractivity contribution >= 4 is 52.7 Å². The van der Waals surface area contributed by atoms with Crippen molar-refractivity contribution in [3.05, 3.63) is 120 Å². The predicted molar refractivity (Wildman–Crippen MR) is 169 cm³/mol. The van der Waals surface area contributed by atoms with E-state index in [-0.39, 0.29) is 25.2 Å². The predicted octanol–water partition coefficient (Wildman–Crippen LogP) is 7.19. The van der Waals surface area contributed by atoms with Gasteiger partial charge in [0.25, 0.3) is 0 Å². The first-order valence-electron chi connectivity index (χ1n) is 14.3. The average molecular weight is 568 g/mol. The summed E-state index contributed by atoms with van der Waals surface area (Å²) >= 11 is 0. The molecule has 3 aliphatic rings. The third-order valence-electron chi connectivity index (χ3n) is 7.96. The number of benzene rings is 4. The van der Waals surface area contributed by atoms with Crippen molar-refractivity contribution in [2.75, 3.05) is 36.0 Å². The SMILES string of the molecule is O=C(N1CCN(C(=O)N2c3ccccc3C=Cc3ccccc32)[C@H](C2=NN=NC2)C1)N(c1ccccc1)c1ccccc1. The molecule has 0 bridgehead atoms. The Morgan fingerprint density at radius 1 is 0.698 bits per heavy atom. The molecule has 0 radical (unpaired) electrons. The van der Waals surface area contributed by atoms with E-state index in [2.05, 4.69) is 15.4 Å².